The molecule has 1 aromatic carbocycles. The van der Waals surface area contributed by atoms with Gasteiger partial charge in [0.2, 0.25) is 5.82 Å². The molecule has 0 bridgehead atoms. The van der Waals surface area contributed by atoms with Crippen LogP contribution < -0.4 is 5.32 Å². The minimum atomic E-state index is -0.442. The van der Waals surface area contributed by atoms with Gasteiger partial charge in [-0.1, -0.05) is 32.9 Å². The number of nitrogens with zero attached hydrogens (tertiary/aromatic N) is 2. The Morgan fingerprint density at radius 2 is 1.95 bits per heavy atom. The van der Waals surface area contributed by atoms with Crippen LogP contribution in [-0.4, -0.2) is 9.91 Å². The highest BCUT2D eigenvalue weighted by Gasteiger charge is 2.16. The Morgan fingerprint density at radius 1 is 1.20 bits per heavy atom. The van der Waals surface area contributed by atoms with Gasteiger partial charge >= 0.3 is 5.69 Å². The Labute approximate surface area is 117 Å². The fourth-order valence-electron chi connectivity index (χ4n) is 1.84. The summed E-state index contributed by atoms with van der Waals surface area (Å²) in [5.74, 6) is 0.253. The molecule has 0 aliphatic heterocycles. The molecule has 0 fully saturated rings. The van der Waals surface area contributed by atoms with E-state index in [1.54, 1.807) is 6.07 Å². The van der Waals surface area contributed by atoms with Crippen LogP contribution in [0.5, 0.6) is 0 Å². The van der Waals surface area contributed by atoms with Gasteiger partial charge in [0.25, 0.3) is 0 Å². The van der Waals surface area contributed by atoms with Gasteiger partial charge in [-0.3, -0.25) is 10.1 Å². The minimum Gasteiger partial charge on any atom is -0.334 e. The standard InChI is InChI=1S/C15H17N3O2/c1-15(2,3)11-6-4-7-12(10-11)17-14-13(18(19)20)8-5-9-16-14/h4-10H,1-3H3,(H,16,17). The molecule has 1 aromatic heterocycles. The molecule has 2 rings (SSSR count). The zero-order valence-corrected chi connectivity index (χ0v) is 11.8. The third-order valence-electron chi connectivity index (χ3n) is 2.97. The SMILES string of the molecule is CC(C)(C)c1cccc(Nc2ncccc2[N+](=O)[O-])c1. The maximum absolute atomic E-state index is 11.0. The highest BCUT2D eigenvalue weighted by Crippen LogP contribution is 2.28. The first kappa shape index (κ1) is 14.0. The molecule has 104 valence electrons. The molecule has 5 nitrogen and oxygen atoms in total. The van der Waals surface area contributed by atoms with Crippen LogP contribution in [-0.2, 0) is 5.41 Å². The number of hydrogen-bond acceptors (Lipinski definition) is 4. The zero-order chi connectivity index (χ0) is 14.8. The van der Waals surface area contributed by atoms with Crippen LogP contribution in [0, 0.1) is 10.1 Å². The van der Waals surface area contributed by atoms with E-state index in [4.69, 9.17) is 0 Å². The van der Waals surface area contributed by atoms with Crippen molar-refractivity contribution in [3.8, 4) is 0 Å². The van der Waals surface area contributed by atoms with Crippen molar-refractivity contribution < 1.29 is 4.92 Å². The lowest BCUT2D eigenvalue weighted by Crippen LogP contribution is -2.11. The number of pyridine rings is 1. The summed E-state index contributed by atoms with van der Waals surface area (Å²) in [6.45, 7) is 6.36. The summed E-state index contributed by atoms with van der Waals surface area (Å²) < 4.78 is 0. The van der Waals surface area contributed by atoms with E-state index in [1.807, 2.05) is 24.3 Å². The van der Waals surface area contributed by atoms with Crippen LogP contribution in [0.1, 0.15) is 26.3 Å². The molecule has 5 heteroatoms. The monoisotopic (exact) mass is 271 g/mol. The van der Waals surface area contributed by atoms with Gasteiger partial charge in [0.15, 0.2) is 0 Å². The maximum Gasteiger partial charge on any atom is 0.311 e. The second-order valence-corrected chi connectivity index (χ2v) is 5.58. The Kier molecular flexibility index (Phi) is 3.70. The molecular formula is C15H17N3O2. The van der Waals surface area contributed by atoms with Crippen molar-refractivity contribution in [2.45, 2.75) is 26.2 Å². The second kappa shape index (κ2) is 5.28. The lowest BCUT2D eigenvalue weighted by Gasteiger charge is -2.19. The lowest BCUT2D eigenvalue weighted by molar-refractivity contribution is -0.384. The highest BCUT2D eigenvalue weighted by molar-refractivity contribution is 5.65. The summed E-state index contributed by atoms with van der Waals surface area (Å²) in [6.07, 6.45) is 1.53. The van der Waals surface area contributed by atoms with Crippen molar-refractivity contribution in [2.75, 3.05) is 5.32 Å². The van der Waals surface area contributed by atoms with Crippen LogP contribution >= 0.6 is 0 Å². The molecule has 0 saturated carbocycles. The van der Waals surface area contributed by atoms with E-state index in [0.717, 1.165) is 11.3 Å². The molecule has 2 aromatic rings. The average molecular weight is 271 g/mol. The molecule has 0 unspecified atom stereocenters. The lowest BCUT2D eigenvalue weighted by atomic mass is 9.87. The predicted molar refractivity (Wildman–Crippen MR) is 79.3 cm³/mol. The predicted octanol–water partition coefficient (Wildman–Crippen LogP) is 4.03. The molecular weight excluding hydrogens is 254 g/mol. The van der Waals surface area contributed by atoms with E-state index < -0.39 is 4.92 Å². The summed E-state index contributed by atoms with van der Waals surface area (Å²) in [7, 11) is 0. The van der Waals surface area contributed by atoms with Gasteiger partial charge in [-0.05, 0) is 29.2 Å². The van der Waals surface area contributed by atoms with Crippen LogP contribution in [0.2, 0.25) is 0 Å². The normalized spacial score (nSPS) is 11.2. The van der Waals surface area contributed by atoms with E-state index in [9.17, 15) is 10.1 Å². The van der Waals surface area contributed by atoms with E-state index in [1.165, 1.54) is 12.3 Å². The van der Waals surface area contributed by atoms with Crippen LogP contribution in [0.4, 0.5) is 17.2 Å². The van der Waals surface area contributed by atoms with Crippen molar-refractivity contribution in [2.24, 2.45) is 0 Å². The Balaban J connectivity index is 2.34. The van der Waals surface area contributed by atoms with Gasteiger partial charge in [0.1, 0.15) is 0 Å². The first-order valence-electron chi connectivity index (χ1n) is 6.35. The maximum atomic E-state index is 11.0. The van der Waals surface area contributed by atoms with Crippen molar-refractivity contribution in [1.29, 1.82) is 0 Å². The van der Waals surface area contributed by atoms with Gasteiger partial charge in [-0.25, -0.2) is 4.98 Å². The number of rotatable bonds is 3. The molecule has 0 atom stereocenters. The number of hydrogen-bond donors (Lipinski definition) is 1. The van der Waals surface area contributed by atoms with Crippen molar-refractivity contribution in [3.05, 3.63) is 58.3 Å². The second-order valence-electron chi connectivity index (χ2n) is 5.58. The number of benzene rings is 1. The Bertz CT molecular complexity index is 633. The molecule has 0 aliphatic rings. The van der Waals surface area contributed by atoms with E-state index in [2.05, 4.69) is 31.1 Å². The van der Waals surface area contributed by atoms with Crippen LogP contribution in [0.25, 0.3) is 0 Å². The van der Waals surface area contributed by atoms with Gasteiger partial charge in [-0.2, -0.15) is 0 Å². The summed E-state index contributed by atoms with van der Waals surface area (Å²) in [6, 6.07) is 10.8. The zero-order valence-electron chi connectivity index (χ0n) is 11.8. The smallest absolute Gasteiger partial charge is 0.311 e. The Hall–Kier alpha value is -2.43. The molecule has 1 N–H and O–H groups in total. The van der Waals surface area contributed by atoms with Gasteiger partial charge in [0.05, 0.1) is 4.92 Å². The summed E-state index contributed by atoms with van der Waals surface area (Å²) in [5.41, 5.74) is 1.93. The molecule has 0 amide bonds. The first-order valence-corrected chi connectivity index (χ1v) is 6.35. The Morgan fingerprint density at radius 3 is 2.60 bits per heavy atom. The topological polar surface area (TPSA) is 68.1 Å². The molecule has 20 heavy (non-hydrogen) atoms. The number of anilines is 2. The highest BCUT2D eigenvalue weighted by atomic mass is 16.6. The molecule has 0 saturated heterocycles. The molecule has 1 heterocycles. The third kappa shape index (κ3) is 3.12. The van der Waals surface area contributed by atoms with Crippen molar-refractivity contribution >= 4 is 17.2 Å². The summed E-state index contributed by atoms with van der Waals surface area (Å²) >= 11 is 0. The number of aromatic nitrogens is 1. The fourth-order valence-corrected chi connectivity index (χ4v) is 1.84. The van der Waals surface area contributed by atoms with E-state index >= 15 is 0 Å². The average Bonchev–Trinajstić information content (AvgIpc) is 2.38. The first-order chi connectivity index (χ1) is 9.38. The fraction of sp³-hybridized carbons (Fsp3) is 0.267. The number of nitrogens with one attached hydrogen (secondary N) is 1. The van der Waals surface area contributed by atoms with Crippen LogP contribution in [0.3, 0.4) is 0 Å². The van der Waals surface area contributed by atoms with Crippen molar-refractivity contribution in [3.63, 3.8) is 0 Å². The quantitative estimate of drug-likeness (QED) is 0.676. The third-order valence-corrected chi connectivity index (χ3v) is 2.97. The van der Waals surface area contributed by atoms with E-state index in [0.29, 0.717) is 0 Å². The number of nitro groups is 1. The van der Waals surface area contributed by atoms with E-state index in [-0.39, 0.29) is 16.9 Å². The summed E-state index contributed by atoms with van der Waals surface area (Å²) in [4.78, 5) is 14.6. The molecule has 0 radical (unpaired) electrons. The van der Waals surface area contributed by atoms with Crippen LogP contribution in [0.15, 0.2) is 42.6 Å². The molecule has 0 spiro atoms. The van der Waals surface area contributed by atoms with Crippen molar-refractivity contribution in [1.82, 2.24) is 4.98 Å². The molecule has 0 aliphatic carbocycles. The van der Waals surface area contributed by atoms with Gasteiger partial charge in [-0.15, -0.1) is 0 Å². The minimum absolute atomic E-state index is 0.0216. The van der Waals surface area contributed by atoms with Gasteiger partial charge in [0, 0.05) is 18.0 Å². The summed E-state index contributed by atoms with van der Waals surface area (Å²) in [5, 5.41) is 14.0. The largest absolute Gasteiger partial charge is 0.334 e. The van der Waals surface area contributed by atoms with Gasteiger partial charge < -0.3 is 5.32 Å².